The number of amides is 1. The van der Waals surface area contributed by atoms with E-state index in [-0.39, 0.29) is 5.91 Å². The minimum absolute atomic E-state index is 0.216. The highest BCUT2D eigenvalue weighted by Gasteiger charge is 2.36. The van der Waals surface area contributed by atoms with E-state index in [2.05, 4.69) is 10.3 Å². The van der Waals surface area contributed by atoms with Crippen LogP contribution in [0.3, 0.4) is 0 Å². The molecular weight excluding hydrogens is 342 g/mol. The van der Waals surface area contributed by atoms with Crippen molar-refractivity contribution < 1.29 is 14.7 Å². The first-order valence-electron chi connectivity index (χ1n) is 9.37. The highest BCUT2D eigenvalue weighted by Crippen LogP contribution is 2.40. The monoisotopic (exact) mass is 365 g/mol. The first-order valence-corrected chi connectivity index (χ1v) is 9.37. The number of aliphatic hydroxyl groups is 1. The Morgan fingerprint density at radius 1 is 1.26 bits per heavy atom. The van der Waals surface area contributed by atoms with Crippen LogP contribution >= 0.6 is 0 Å². The zero-order chi connectivity index (χ0) is 18.8. The van der Waals surface area contributed by atoms with Gasteiger partial charge in [0.1, 0.15) is 12.3 Å². The molecule has 1 aromatic heterocycles. The number of nitrogens with zero attached hydrogens (tertiary/aromatic N) is 2. The van der Waals surface area contributed by atoms with Gasteiger partial charge in [-0.2, -0.15) is 0 Å². The number of anilines is 1. The second-order valence-electron chi connectivity index (χ2n) is 7.29. The molecule has 27 heavy (non-hydrogen) atoms. The van der Waals surface area contributed by atoms with Crippen LogP contribution in [0.5, 0.6) is 0 Å². The summed E-state index contributed by atoms with van der Waals surface area (Å²) in [7, 11) is 0. The summed E-state index contributed by atoms with van der Waals surface area (Å²) in [6.45, 7) is 0.378. The van der Waals surface area contributed by atoms with Crippen molar-refractivity contribution in [3.63, 3.8) is 0 Å². The van der Waals surface area contributed by atoms with Crippen molar-refractivity contribution in [2.75, 3.05) is 11.4 Å². The summed E-state index contributed by atoms with van der Waals surface area (Å²) >= 11 is 0. The van der Waals surface area contributed by atoms with Crippen LogP contribution in [0.25, 0.3) is 0 Å². The lowest BCUT2D eigenvalue weighted by molar-refractivity contribution is -0.122. The summed E-state index contributed by atoms with van der Waals surface area (Å²) in [5, 5.41) is 12.9. The van der Waals surface area contributed by atoms with Crippen LogP contribution in [0.1, 0.15) is 42.3 Å². The summed E-state index contributed by atoms with van der Waals surface area (Å²) in [5.74, 6) is 0.404. The van der Waals surface area contributed by atoms with E-state index in [9.17, 15) is 14.7 Å². The Bertz CT molecular complexity index is 805. The fraction of sp³-hybridized carbons (Fsp3) is 0.381. The molecule has 0 radical (unpaired) electrons. The lowest BCUT2D eigenvalue weighted by Gasteiger charge is -2.31. The van der Waals surface area contributed by atoms with Crippen LogP contribution in [0, 0.1) is 0 Å². The molecule has 6 nitrogen and oxygen atoms in total. The Morgan fingerprint density at radius 2 is 2.04 bits per heavy atom. The van der Waals surface area contributed by atoms with Crippen LogP contribution in [0.2, 0.25) is 0 Å². The molecule has 2 N–H and O–H groups in total. The number of hydrogen-bond donors (Lipinski definition) is 2. The molecule has 0 bridgehead atoms. The van der Waals surface area contributed by atoms with E-state index in [4.69, 9.17) is 0 Å². The molecule has 1 saturated carbocycles. The molecule has 1 aliphatic carbocycles. The molecule has 3 unspecified atom stereocenters. The molecule has 140 valence electrons. The lowest BCUT2D eigenvalue weighted by Crippen LogP contribution is -2.46. The average Bonchev–Trinajstić information content (AvgIpc) is 3.47. The Balaban J connectivity index is 1.69. The molecule has 2 heterocycles. The third kappa shape index (κ3) is 3.77. The Kier molecular flexibility index (Phi) is 5.01. The van der Waals surface area contributed by atoms with Gasteiger partial charge < -0.3 is 15.2 Å². The van der Waals surface area contributed by atoms with E-state index >= 15 is 0 Å². The third-order valence-corrected chi connectivity index (χ3v) is 5.30. The Hall–Kier alpha value is -2.57. The number of hydrogen-bond acceptors (Lipinski definition) is 5. The molecule has 1 amide bonds. The van der Waals surface area contributed by atoms with E-state index in [0.717, 1.165) is 6.29 Å². The summed E-state index contributed by atoms with van der Waals surface area (Å²) < 4.78 is 0. The van der Waals surface area contributed by atoms with Crippen LogP contribution in [0.4, 0.5) is 5.69 Å². The molecule has 4 rings (SSSR count). The van der Waals surface area contributed by atoms with Gasteiger partial charge in [-0.1, -0.05) is 18.2 Å². The molecule has 1 aliphatic heterocycles. The van der Waals surface area contributed by atoms with Crippen LogP contribution in [-0.2, 0) is 9.59 Å². The van der Waals surface area contributed by atoms with Crippen molar-refractivity contribution in [3.05, 3.63) is 59.9 Å². The fourth-order valence-electron chi connectivity index (χ4n) is 3.66. The number of aldehydes is 1. The van der Waals surface area contributed by atoms with Crippen molar-refractivity contribution in [3.8, 4) is 0 Å². The van der Waals surface area contributed by atoms with Crippen LogP contribution in [-0.4, -0.2) is 41.0 Å². The number of benzene rings is 1. The second kappa shape index (κ2) is 7.58. The van der Waals surface area contributed by atoms with E-state index in [1.165, 1.54) is 23.3 Å². The van der Waals surface area contributed by atoms with Crippen molar-refractivity contribution in [2.24, 2.45) is 0 Å². The van der Waals surface area contributed by atoms with Gasteiger partial charge in [0.25, 0.3) is 0 Å². The quantitative estimate of drug-likeness (QED) is 0.765. The number of aromatic nitrogens is 1. The van der Waals surface area contributed by atoms with Crippen LogP contribution in [0.15, 0.2) is 48.8 Å². The van der Waals surface area contributed by atoms with E-state index < -0.39 is 18.2 Å². The van der Waals surface area contributed by atoms with E-state index in [1.54, 1.807) is 24.5 Å². The summed E-state index contributed by atoms with van der Waals surface area (Å²) in [6.07, 6.45) is 6.22. The minimum atomic E-state index is -0.766. The molecule has 2 aliphatic rings. The third-order valence-electron chi connectivity index (χ3n) is 5.30. The standard InChI is InChI=1S/C21H23N3O3/c25-13-20(16-2-1-9-22-11-16)24(21(27)19-10-18(26)12-23-19)17-7-5-15(6-8-17)14-3-4-14/h1-2,5-9,11,13-14,18-20,23,26H,3-4,10,12H2. The molecule has 0 spiro atoms. The number of pyridine rings is 1. The molecule has 1 saturated heterocycles. The van der Waals surface area contributed by atoms with Crippen molar-refractivity contribution >= 4 is 17.9 Å². The number of carbonyl (C=O) groups is 2. The number of aliphatic hydroxyl groups excluding tert-OH is 1. The van der Waals surface area contributed by atoms with Gasteiger partial charge in [-0.05, 0) is 48.9 Å². The second-order valence-corrected chi connectivity index (χ2v) is 7.29. The van der Waals surface area contributed by atoms with E-state index in [0.29, 0.717) is 30.1 Å². The van der Waals surface area contributed by atoms with E-state index in [1.807, 2.05) is 24.3 Å². The predicted molar refractivity (Wildman–Crippen MR) is 101 cm³/mol. The van der Waals surface area contributed by atoms with Crippen molar-refractivity contribution in [1.29, 1.82) is 0 Å². The SMILES string of the molecule is O=CC(c1cccnc1)N(C(=O)C1CC(O)CN1)c1ccc(C2CC2)cc1. The van der Waals surface area contributed by atoms with Gasteiger partial charge in [-0.25, -0.2) is 0 Å². The number of rotatable bonds is 6. The van der Waals surface area contributed by atoms with Crippen molar-refractivity contribution in [1.82, 2.24) is 10.3 Å². The molecule has 6 heteroatoms. The number of carbonyl (C=O) groups excluding carboxylic acids is 2. The van der Waals surface area contributed by atoms with Gasteiger partial charge in [0.15, 0.2) is 0 Å². The van der Waals surface area contributed by atoms with Gasteiger partial charge in [0.2, 0.25) is 5.91 Å². The first kappa shape index (κ1) is 17.8. The molecule has 2 fully saturated rings. The average molecular weight is 365 g/mol. The highest BCUT2D eigenvalue weighted by atomic mass is 16.3. The lowest BCUT2D eigenvalue weighted by atomic mass is 10.0. The van der Waals surface area contributed by atoms with Gasteiger partial charge >= 0.3 is 0 Å². The van der Waals surface area contributed by atoms with Gasteiger partial charge in [-0.3, -0.25) is 14.7 Å². The molecule has 1 aromatic carbocycles. The zero-order valence-electron chi connectivity index (χ0n) is 15.0. The highest BCUT2D eigenvalue weighted by molar-refractivity contribution is 6.01. The number of β-amino-alcohol motifs (C(OH)–C–C–N with tert-alkyl or cyclic N) is 1. The summed E-state index contributed by atoms with van der Waals surface area (Å²) in [4.78, 5) is 30.9. The normalized spacial score (nSPS) is 23.0. The molecule has 2 aromatic rings. The van der Waals surface area contributed by atoms with Gasteiger partial charge in [-0.15, -0.1) is 0 Å². The molecule has 3 atom stereocenters. The van der Waals surface area contributed by atoms with Gasteiger partial charge in [0.05, 0.1) is 12.1 Å². The van der Waals surface area contributed by atoms with Crippen LogP contribution < -0.4 is 10.2 Å². The fourth-order valence-corrected chi connectivity index (χ4v) is 3.66. The van der Waals surface area contributed by atoms with Crippen molar-refractivity contribution in [2.45, 2.75) is 43.4 Å². The Morgan fingerprint density at radius 3 is 2.59 bits per heavy atom. The molecular formula is C21H23N3O3. The maximum atomic E-state index is 13.3. The summed E-state index contributed by atoms with van der Waals surface area (Å²) in [6, 6.07) is 10.2. The predicted octanol–water partition coefficient (Wildman–Crippen LogP) is 1.95. The Labute approximate surface area is 158 Å². The van der Waals surface area contributed by atoms with Gasteiger partial charge in [0, 0.05) is 30.2 Å². The number of nitrogens with one attached hydrogen (secondary N) is 1. The largest absolute Gasteiger partial charge is 0.392 e. The maximum Gasteiger partial charge on any atom is 0.245 e. The smallest absolute Gasteiger partial charge is 0.245 e. The first-order chi connectivity index (χ1) is 13.2. The summed E-state index contributed by atoms with van der Waals surface area (Å²) in [5.41, 5.74) is 2.60. The minimum Gasteiger partial charge on any atom is -0.392 e. The zero-order valence-corrected chi connectivity index (χ0v) is 15.0. The topological polar surface area (TPSA) is 82.5 Å². The maximum absolute atomic E-state index is 13.3.